The van der Waals surface area contributed by atoms with Gasteiger partial charge >= 0.3 is 5.97 Å². The van der Waals surface area contributed by atoms with Crippen molar-refractivity contribution in [3.8, 4) is 0 Å². The van der Waals surface area contributed by atoms with Crippen LogP contribution in [0.4, 0.5) is 5.69 Å². The van der Waals surface area contributed by atoms with Crippen molar-refractivity contribution in [1.82, 2.24) is 0 Å². The maximum Gasteiger partial charge on any atom is 0.304 e. The number of rotatable bonds is 5. The predicted molar refractivity (Wildman–Crippen MR) is 74.5 cm³/mol. The molecule has 5 heteroatoms. The fraction of sp³-hybridized carbons (Fsp3) is 0.467. The first-order valence-electron chi connectivity index (χ1n) is 6.77. The zero-order valence-corrected chi connectivity index (χ0v) is 11.5. The molecule has 2 N–H and O–H groups in total. The summed E-state index contributed by atoms with van der Waals surface area (Å²) in [6, 6.07) is 7.41. The molecule has 0 unspecified atom stereocenters. The van der Waals surface area contributed by atoms with Crippen LogP contribution in [0.2, 0.25) is 0 Å². The van der Waals surface area contributed by atoms with E-state index in [9.17, 15) is 9.59 Å². The molecule has 5 nitrogen and oxygen atoms in total. The number of carboxylic acids is 1. The molecule has 20 heavy (non-hydrogen) atoms. The maximum atomic E-state index is 12.3. The zero-order chi connectivity index (χ0) is 14.5. The van der Waals surface area contributed by atoms with E-state index in [1.165, 1.54) is 0 Å². The third-order valence-corrected chi connectivity index (χ3v) is 3.46. The summed E-state index contributed by atoms with van der Waals surface area (Å²) in [5.41, 5.74) is 1.78. The van der Waals surface area contributed by atoms with Crippen LogP contribution in [0.15, 0.2) is 24.3 Å². The number of hydrogen-bond acceptors (Lipinski definition) is 3. The van der Waals surface area contributed by atoms with Crippen LogP contribution < -0.4 is 5.32 Å². The van der Waals surface area contributed by atoms with Gasteiger partial charge in [-0.1, -0.05) is 17.7 Å². The van der Waals surface area contributed by atoms with Gasteiger partial charge in [0.05, 0.1) is 18.4 Å². The topological polar surface area (TPSA) is 75.6 Å². The summed E-state index contributed by atoms with van der Waals surface area (Å²) in [5.74, 6) is -1.91. The van der Waals surface area contributed by atoms with E-state index in [-0.39, 0.29) is 18.4 Å². The molecule has 0 saturated carbocycles. The molecular weight excluding hydrogens is 258 g/mol. The van der Waals surface area contributed by atoms with Gasteiger partial charge in [-0.2, -0.15) is 0 Å². The average molecular weight is 277 g/mol. The van der Waals surface area contributed by atoms with Crippen molar-refractivity contribution < 1.29 is 19.4 Å². The number of aryl methyl sites for hydroxylation is 1. The Kier molecular flexibility index (Phi) is 4.74. The SMILES string of the molecule is Cc1ccc(NC(=O)[C@@H](CC(=O)O)[C@@H]2CCCO2)cc1. The number of benzene rings is 1. The molecule has 1 aliphatic heterocycles. The molecule has 0 aliphatic carbocycles. The van der Waals surface area contributed by atoms with Gasteiger partial charge in [-0.15, -0.1) is 0 Å². The van der Waals surface area contributed by atoms with Crippen molar-refractivity contribution in [2.75, 3.05) is 11.9 Å². The van der Waals surface area contributed by atoms with Gasteiger partial charge < -0.3 is 15.2 Å². The Hall–Kier alpha value is -1.88. The van der Waals surface area contributed by atoms with E-state index >= 15 is 0 Å². The zero-order valence-electron chi connectivity index (χ0n) is 11.5. The van der Waals surface area contributed by atoms with Crippen LogP contribution >= 0.6 is 0 Å². The molecule has 1 fully saturated rings. The summed E-state index contributed by atoms with van der Waals surface area (Å²) in [4.78, 5) is 23.2. The molecule has 2 rings (SSSR count). The molecule has 1 aromatic rings. The lowest BCUT2D eigenvalue weighted by Crippen LogP contribution is -2.34. The minimum atomic E-state index is -0.982. The first-order valence-corrected chi connectivity index (χ1v) is 6.77. The largest absolute Gasteiger partial charge is 0.481 e. The van der Waals surface area contributed by atoms with Crippen LogP contribution in [-0.2, 0) is 14.3 Å². The highest BCUT2D eigenvalue weighted by Crippen LogP contribution is 2.24. The van der Waals surface area contributed by atoms with Crippen LogP contribution in [-0.4, -0.2) is 29.7 Å². The number of carboxylic acid groups (broad SMARTS) is 1. The van der Waals surface area contributed by atoms with Crippen molar-refractivity contribution in [2.45, 2.75) is 32.3 Å². The molecule has 0 bridgehead atoms. The third kappa shape index (κ3) is 3.81. The molecule has 1 amide bonds. The molecule has 1 saturated heterocycles. The number of aliphatic carboxylic acids is 1. The third-order valence-electron chi connectivity index (χ3n) is 3.46. The van der Waals surface area contributed by atoms with E-state index in [2.05, 4.69) is 5.32 Å². The smallest absolute Gasteiger partial charge is 0.304 e. The van der Waals surface area contributed by atoms with Crippen molar-refractivity contribution in [3.63, 3.8) is 0 Å². The van der Waals surface area contributed by atoms with Gasteiger partial charge in [0.25, 0.3) is 0 Å². The lowest BCUT2D eigenvalue weighted by atomic mass is 9.95. The minimum Gasteiger partial charge on any atom is -0.481 e. The molecule has 108 valence electrons. The minimum absolute atomic E-state index is 0.206. The first-order chi connectivity index (χ1) is 9.56. The van der Waals surface area contributed by atoms with E-state index in [0.717, 1.165) is 18.4 Å². The predicted octanol–water partition coefficient (Wildman–Crippen LogP) is 2.20. The lowest BCUT2D eigenvalue weighted by molar-refractivity contribution is -0.142. The molecule has 2 atom stereocenters. The second kappa shape index (κ2) is 6.52. The molecule has 1 aromatic carbocycles. The number of hydrogen-bond donors (Lipinski definition) is 2. The number of anilines is 1. The summed E-state index contributed by atoms with van der Waals surface area (Å²) >= 11 is 0. The van der Waals surface area contributed by atoms with Gasteiger partial charge in [0.1, 0.15) is 0 Å². The van der Waals surface area contributed by atoms with E-state index in [4.69, 9.17) is 9.84 Å². The number of carbonyl (C=O) groups is 2. The van der Waals surface area contributed by atoms with Gasteiger partial charge in [-0.25, -0.2) is 0 Å². The molecule has 1 heterocycles. The van der Waals surface area contributed by atoms with Crippen molar-refractivity contribution in [3.05, 3.63) is 29.8 Å². The second-order valence-corrected chi connectivity index (χ2v) is 5.11. The average Bonchev–Trinajstić information content (AvgIpc) is 2.92. The Morgan fingerprint density at radius 1 is 1.40 bits per heavy atom. The fourth-order valence-corrected chi connectivity index (χ4v) is 2.37. The monoisotopic (exact) mass is 277 g/mol. The van der Waals surface area contributed by atoms with E-state index < -0.39 is 11.9 Å². The Morgan fingerprint density at radius 2 is 2.10 bits per heavy atom. The Morgan fingerprint density at radius 3 is 2.65 bits per heavy atom. The van der Waals surface area contributed by atoms with Gasteiger partial charge in [-0.3, -0.25) is 9.59 Å². The van der Waals surface area contributed by atoms with Crippen LogP contribution in [0.25, 0.3) is 0 Å². The highest BCUT2D eigenvalue weighted by Gasteiger charge is 2.33. The van der Waals surface area contributed by atoms with Crippen LogP contribution in [0, 0.1) is 12.8 Å². The summed E-state index contributed by atoms with van der Waals surface area (Å²) in [7, 11) is 0. The first kappa shape index (κ1) is 14.5. The van der Waals surface area contributed by atoms with Crippen molar-refractivity contribution in [2.24, 2.45) is 5.92 Å². The number of carbonyl (C=O) groups excluding carboxylic acids is 1. The summed E-state index contributed by atoms with van der Waals surface area (Å²) < 4.78 is 5.47. The molecule has 1 aliphatic rings. The summed E-state index contributed by atoms with van der Waals surface area (Å²) in [5, 5.41) is 11.7. The normalized spacial score (nSPS) is 19.6. The van der Waals surface area contributed by atoms with Crippen LogP contribution in [0.3, 0.4) is 0 Å². The summed E-state index contributed by atoms with van der Waals surface area (Å²) in [6.07, 6.45) is 1.11. The highest BCUT2D eigenvalue weighted by atomic mass is 16.5. The second-order valence-electron chi connectivity index (χ2n) is 5.11. The molecule has 0 spiro atoms. The molecular formula is C15H19NO4. The van der Waals surface area contributed by atoms with Gasteiger partial charge in [-0.05, 0) is 31.9 Å². The quantitative estimate of drug-likeness (QED) is 0.865. The highest BCUT2D eigenvalue weighted by molar-refractivity contribution is 5.94. The summed E-state index contributed by atoms with van der Waals surface area (Å²) in [6.45, 7) is 2.56. The number of nitrogens with one attached hydrogen (secondary N) is 1. The van der Waals surface area contributed by atoms with Crippen molar-refractivity contribution in [1.29, 1.82) is 0 Å². The van der Waals surface area contributed by atoms with Gasteiger partial charge in [0.2, 0.25) is 5.91 Å². The van der Waals surface area contributed by atoms with E-state index in [1.807, 2.05) is 19.1 Å². The Balaban J connectivity index is 2.05. The van der Waals surface area contributed by atoms with Gasteiger partial charge in [0, 0.05) is 12.3 Å². The Bertz CT molecular complexity index is 477. The van der Waals surface area contributed by atoms with Crippen molar-refractivity contribution >= 4 is 17.6 Å². The number of amides is 1. The number of ether oxygens (including phenoxy) is 1. The van der Waals surface area contributed by atoms with Gasteiger partial charge in [0.15, 0.2) is 0 Å². The Labute approximate surface area is 117 Å². The van der Waals surface area contributed by atoms with E-state index in [0.29, 0.717) is 12.3 Å². The fourth-order valence-electron chi connectivity index (χ4n) is 2.37. The van der Waals surface area contributed by atoms with E-state index in [1.54, 1.807) is 12.1 Å². The lowest BCUT2D eigenvalue weighted by Gasteiger charge is -2.20. The molecule has 0 radical (unpaired) electrons. The van der Waals surface area contributed by atoms with Crippen LogP contribution in [0.1, 0.15) is 24.8 Å². The van der Waals surface area contributed by atoms with Crippen LogP contribution in [0.5, 0.6) is 0 Å². The molecule has 0 aromatic heterocycles. The maximum absolute atomic E-state index is 12.3. The standard InChI is InChI=1S/C15H19NO4/c1-10-4-6-11(7-5-10)16-15(19)12(9-14(17)18)13-3-2-8-20-13/h4-7,12-13H,2-3,8-9H2,1H3,(H,16,19)(H,17,18)/t12-,13-/m0/s1.